The molecule has 1 saturated heterocycles. The molecule has 5 nitrogen and oxygen atoms in total. The molecule has 1 aromatic carbocycles. The first-order valence-corrected chi connectivity index (χ1v) is 4.19. The standard InChI is InChI=1S/C8H13N5/c9-7(8-10-12-13-11-8)6-4-2-1-3-5-6/h1-5,7-8,10-13H,9H2/t7-/m1/s1. The first-order valence-electron chi connectivity index (χ1n) is 4.19. The number of nitrogens with one attached hydrogen (secondary N) is 4. The van der Waals surface area contributed by atoms with Gasteiger partial charge in [0.1, 0.15) is 6.17 Å². The van der Waals surface area contributed by atoms with E-state index in [9.17, 15) is 0 Å². The summed E-state index contributed by atoms with van der Waals surface area (Å²) < 4.78 is 0. The smallest absolute Gasteiger partial charge is 0.105 e. The maximum atomic E-state index is 6.00. The molecule has 2 rings (SSSR count). The largest absolute Gasteiger partial charge is 0.321 e. The highest BCUT2D eigenvalue weighted by molar-refractivity contribution is 5.19. The Morgan fingerprint density at radius 2 is 1.69 bits per heavy atom. The van der Waals surface area contributed by atoms with Gasteiger partial charge in [-0.15, -0.1) is 0 Å². The zero-order valence-electron chi connectivity index (χ0n) is 7.12. The Morgan fingerprint density at radius 1 is 1.08 bits per heavy atom. The van der Waals surface area contributed by atoms with Crippen LogP contribution in [0.1, 0.15) is 11.6 Å². The predicted molar refractivity (Wildman–Crippen MR) is 49.7 cm³/mol. The van der Waals surface area contributed by atoms with Gasteiger partial charge in [0.25, 0.3) is 0 Å². The molecule has 1 atom stereocenters. The zero-order chi connectivity index (χ0) is 9.10. The van der Waals surface area contributed by atoms with Gasteiger partial charge in [0.15, 0.2) is 0 Å². The lowest BCUT2D eigenvalue weighted by molar-refractivity contribution is 0.440. The molecule has 0 aliphatic carbocycles. The van der Waals surface area contributed by atoms with Crippen LogP contribution in [-0.4, -0.2) is 6.17 Å². The quantitative estimate of drug-likeness (QED) is 0.408. The highest BCUT2D eigenvalue weighted by Crippen LogP contribution is 2.11. The van der Waals surface area contributed by atoms with Crippen molar-refractivity contribution in [3.63, 3.8) is 0 Å². The number of rotatable bonds is 2. The van der Waals surface area contributed by atoms with Crippen molar-refractivity contribution in [1.82, 2.24) is 21.9 Å². The third-order valence-electron chi connectivity index (χ3n) is 2.06. The van der Waals surface area contributed by atoms with Crippen molar-refractivity contribution >= 4 is 0 Å². The molecule has 1 fully saturated rings. The van der Waals surface area contributed by atoms with E-state index >= 15 is 0 Å². The number of hydrazine groups is 3. The molecule has 6 N–H and O–H groups in total. The third-order valence-corrected chi connectivity index (χ3v) is 2.06. The molecule has 0 bridgehead atoms. The van der Waals surface area contributed by atoms with Crippen LogP contribution in [0.2, 0.25) is 0 Å². The molecular formula is C8H13N5. The fraction of sp³-hybridized carbons (Fsp3) is 0.250. The fourth-order valence-corrected chi connectivity index (χ4v) is 1.31. The van der Waals surface area contributed by atoms with E-state index in [1.807, 2.05) is 30.3 Å². The maximum Gasteiger partial charge on any atom is 0.105 e. The molecule has 1 aliphatic rings. The van der Waals surface area contributed by atoms with E-state index in [2.05, 4.69) is 21.9 Å². The van der Waals surface area contributed by atoms with Gasteiger partial charge in [-0.1, -0.05) is 30.3 Å². The zero-order valence-corrected chi connectivity index (χ0v) is 7.12. The molecule has 1 aromatic rings. The summed E-state index contributed by atoms with van der Waals surface area (Å²) in [7, 11) is 0. The second kappa shape index (κ2) is 3.82. The first-order chi connectivity index (χ1) is 6.38. The van der Waals surface area contributed by atoms with Crippen molar-refractivity contribution in [3.8, 4) is 0 Å². The van der Waals surface area contributed by atoms with Gasteiger partial charge in [0.2, 0.25) is 0 Å². The Morgan fingerprint density at radius 3 is 2.31 bits per heavy atom. The summed E-state index contributed by atoms with van der Waals surface area (Å²) in [6.45, 7) is 0. The van der Waals surface area contributed by atoms with Gasteiger partial charge in [-0.25, -0.2) is 10.9 Å². The summed E-state index contributed by atoms with van der Waals surface area (Å²) >= 11 is 0. The Kier molecular flexibility index (Phi) is 2.53. The average Bonchev–Trinajstić information content (AvgIpc) is 2.71. The molecule has 1 aliphatic heterocycles. The highest BCUT2D eigenvalue weighted by Gasteiger charge is 2.21. The lowest BCUT2D eigenvalue weighted by Gasteiger charge is -2.17. The van der Waals surface area contributed by atoms with E-state index in [0.29, 0.717) is 0 Å². The number of hydrogen-bond donors (Lipinski definition) is 5. The molecule has 0 amide bonds. The molecule has 1 heterocycles. The first kappa shape index (κ1) is 8.61. The van der Waals surface area contributed by atoms with Crippen molar-refractivity contribution in [2.45, 2.75) is 12.2 Å². The second-order valence-electron chi connectivity index (χ2n) is 2.95. The van der Waals surface area contributed by atoms with Gasteiger partial charge >= 0.3 is 0 Å². The average molecular weight is 179 g/mol. The van der Waals surface area contributed by atoms with E-state index in [1.54, 1.807) is 0 Å². The SMILES string of the molecule is N[C@H](c1ccccc1)C1NNNN1. The maximum absolute atomic E-state index is 6.00. The summed E-state index contributed by atoms with van der Waals surface area (Å²) in [5, 5.41) is 0. The van der Waals surface area contributed by atoms with Crippen LogP contribution in [0.4, 0.5) is 0 Å². The van der Waals surface area contributed by atoms with Crippen LogP contribution in [-0.2, 0) is 0 Å². The number of hydrogen-bond acceptors (Lipinski definition) is 5. The van der Waals surface area contributed by atoms with Gasteiger partial charge in [-0.2, -0.15) is 11.1 Å². The van der Waals surface area contributed by atoms with Crippen molar-refractivity contribution in [2.75, 3.05) is 0 Å². The molecule has 0 aromatic heterocycles. The van der Waals surface area contributed by atoms with Gasteiger partial charge in [-0.3, -0.25) is 0 Å². The van der Waals surface area contributed by atoms with Gasteiger partial charge in [-0.05, 0) is 5.56 Å². The van der Waals surface area contributed by atoms with Crippen LogP contribution >= 0.6 is 0 Å². The third kappa shape index (κ3) is 1.85. The van der Waals surface area contributed by atoms with Crippen molar-refractivity contribution in [2.24, 2.45) is 5.73 Å². The van der Waals surface area contributed by atoms with E-state index in [-0.39, 0.29) is 12.2 Å². The van der Waals surface area contributed by atoms with Crippen LogP contribution in [0, 0.1) is 0 Å². The summed E-state index contributed by atoms with van der Waals surface area (Å²) in [4.78, 5) is 0. The van der Waals surface area contributed by atoms with Gasteiger partial charge < -0.3 is 5.73 Å². The Hall–Kier alpha value is -0.980. The van der Waals surface area contributed by atoms with Crippen molar-refractivity contribution < 1.29 is 0 Å². The van der Waals surface area contributed by atoms with Gasteiger partial charge in [0.05, 0.1) is 6.04 Å². The van der Waals surface area contributed by atoms with Gasteiger partial charge in [0, 0.05) is 0 Å². The molecule has 0 saturated carbocycles. The Labute approximate surface area is 76.6 Å². The number of benzene rings is 1. The minimum atomic E-state index is -0.0799. The predicted octanol–water partition coefficient (Wildman–Crippen LogP) is -0.870. The van der Waals surface area contributed by atoms with Crippen molar-refractivity contribution in [3.05, 3.63) is 35.9 Å². The molecule has 0 radical (unpaired) electrons. The molecule has 0 spiro atoms. The summed E-state index contributed by atoms with van der Waals surface area (Å²) in [5.41, 5.74) is 18.5. The van der Waals surface area contributed by atoms with Crippen LogP contribution in [0.25, 0.3) is 0 Å². The Balaban J connectivity index is 2.08. The van der Waals surface area contributed by atoms with E-state index in [1.165, 1.54) is 0 Å². The fourth-order valence-electron chi connectivity index (χ4n) is 1.31. The molecule has 70 valence electrons. The Bertz CT molecular complexity index is 256. The topological polar surface area (TPSA) is 74.1 Å². The highest BCUT2D eigenvalue weighted by atomic mass is 15.8. The van der Waals surface area contributed by atoms with Crippen LogP contribution in [0.3, 0.4) is 0 Å². The van der Waals surface area contributed by atoms with Crippen LogP contribution in [0.15, 0.2) is 30.3 Å². The van der Waals surface area contributed by atoms with E-state index in [0.717, 1.165) is 5.56 Å². The minimum Gasteiger partial charge on any atom is -0.321 e. The minimum absolute atomic E-state index is 0.00222. The van der Waals surface area contributed by atoms with Crippen LogP contribution < -0.4 is 27.7 Å². The molecule has 13 heavy (non-hydrogen) atoms. The molecular weight excluding hydrogens is 166 g/mol. The summed E-state index contributed by atoms with van der Waals surface area (Å²) in [5.74, 6) is 0. The number of nitrogens with two attached hydrogens (primary N) is 1. The van der Waals surface area contributed by atoms with E-state index < -0.39 is 0 Å². The molecule has 5 heteroatoms. The van der Waals surface area contributed by atoms with E-state index in [4.69, 9.17) is 5.73 Å². The second-order valence-corrected chi connectivity index (χ2v) is 2.95. The normalized spacial score (nSPS) is 20.4. The van der Waals surface area contributed by atoms with Crippen molar-refractivity contribution in [1.29, 1.82) is 0 Å². The lowest BCUT2D eigenvalue weighted by atomic mass is 10.1. The van der Waals surface area contributed by atoms with Crippen LogP contribution in [0.5, 0.6) is 0 Å². The summed E-state index contributed by atoms with van der Waals surface area (Å²) in [6.07, 6.45) is 0.00222. The monoisotopic (exact) mass is 179 g/mol. The molecule has 0 unspecified atom stereocenters. The lowest BCUT2D eigenvalue weighted by Crippen LogP contribution is -2.43. The summed E-state index contributed by atoms with van der Waals surface area (Å²) in [6, 6.07) is 9.86.